The molecule has 6 heteroatoms. The second kappa shape index (κ2) is 7.21. The van der Waals surface area contributed by atoms with Crippen molar-refractivity contribution in [2.24, 2.45) is 0 Å². The number of halogens is 3. The monoisotopic (exact) mass is 250 g/mol. The third-order valence-corrected chi connectivity index (χ3v) is 1.88. The topological polar surface area (TPSA) is 46.0 Å². The van der Waals surface area contributed by atoms with E-state index in [0.29, 0.717) is 12.2 Å². The zero-order valence-corrected chi connectivity index (χ0v) is 10.1. The van der Waals surface area contributed by atoms with Crippen LogP contribution < -0.4 is 0 Å². The Hall–Kier alpha value is -1.17. The first-order valence-corrected chi connectivity index (χ1v) is 5.48. The predicted molar refractivity (Wildman–Crippen MR) is 58.5 cm³/mol. The van der Waals surface area contributed by atoms with Gasteiger partial charge in [-0.15, -0.1) is 0 Å². The summed E-state index contributed by atoms with van der Waals surface area (Å²) in [6.07, 6.45) is -4.21. The summed E-state index contributed by atoms with van der Waals surface area (Å²) >= 11 is 0. The molecule has 0 radical (unpaired) electrons. The Morgan fingerprint density at radius 3 is 2.06 bits per heavy atom. The molecule has 0 amide bonds. The van der Waals surface area contributed by atoms with E-state index in [1.807, 2.05) is 20.8 Å². The molecule has 0 spiro atoms. The van der Waals surface area contributed by atoms with E-state index in [0.717, 1.165) is 0 Å². The minimum absolute atomic E-state index is 0.275. The van der Waals surface area contributed by atoms with Gasteiger partial charge in [0.2, 0.25) is 0 Å². The standard InChI is InChI=1S/C9H11F3N2O.C2H6/c1-2-8-13-4-6(5-14-8)3-7(15)9(10,11)12;1-2/h4-5,7,15H,2-3H2,1H3;1-2H3. The molecular formula is C11H17F3N2O. The second-order valence-corrected chi connectivity index (χ2v) is 3.12. The first kappa shape index (κ1) is 15.8. The fraction of sp³-hybridized carbons (Fsp3) is 0.636. The van der Waals surface area contributed by atoms with E-state index >= 15 is 0 Å². The van der Waals surface area contributed by atoms with Gasteiger partial charge in [-0.3, -0.25) is 0 Å². The zero-order chi connectivity index (χ0) is 13.5. The molecule has 0 saturated heterocycles. The van der Waals surface area contributed by atoms with Gasteiger partial charge in [0.15, 0.2) is 6.10 Å². The van der Waals surface area contributed by atoms with E-state index in [9.17, 15) is 13.2 Å². The maximum Gasteiger partial charge on any atom is 0.414 e. The Labute approximate surface area is 98.7 Å². The number of alkyl halides is 3. The van der Waals surface area contributed by atoms with Crippen LogP contribution in [0.4, 0.5) is 13.2 Å². The van der Waals surface area contributed by atoms with Crippen molar-refractivity contribution in [3.05, 3.63) is 23.8 Å². The molecule has 0 aliphatic carbocycles. The fourth-order valence-corrected chi connectivity index (χ4v) is 1.01. The number of aromatic nitrogens is 2. The Bertz CT molecular complexity index is 311. The summed E-state index contributed by atoms with van der Waals surface area (Å²) in [4.78, 5) is 7.69. The molecule has 1 atom stereocenters. The van der Waals surface area contributed by atoms with E-state index < -0.39 is 18.7 Å². The number of nitrogens with zero attached hydrogens (tertiary/aromatic N) is 2. The fourth-order valence-electron chi connectivity index (χ4n) is 1.01. The molecule has 0 saturated carbocycles. The van der Waals surface area contributed by atoms with Gasteiger partial charge >= 0.3 is 6.18 Å². The molecule has 98 valence electrons. The van der Waals surface area contributed by atoms with Crippen LogP contribution in [0.15, 0.2) is 12.4 Å². The van der Waals surface area contributed by atoms with Crippen LogP contribution in [0.5, 0.6) is 0 Å². The van der Waals surface area contributed by atoms with Crippen LogP contribution in [-0.2, 0) is 12.8 Å². The maximum atomic E-state index is 12.0. The highest BCUT2D eigenvalue weighted by molar-refractivity contribution is 5.07. The van der Waals surface area contributed by atoms with Crippen LogP contribution in [0.3, 0.4) is 0 Å². The summed E-state index contributed by atoms with van der Waals surface area (Å²) in [5.74, 6) is 0.570. The average Bonchev–Trinajstić information content (AvgIpc) is 2.31. The number of rotatable bonds is 3. The van der Waals surface area contributed by atoms with E-state index in [2.05, 4.69) is 9.97 Å². The van der Waals surface area contributed by atoms with Crippen molar-refractivity contribution in [2.45, 2.75) is 45.9 Å². The smallest absolute Gasteiger partial charge is 0.383 e. The lowest BCUT2D eigenvalue weighted by Gasteiger charge is -2.13. The van der Waals surface area contributed by atoms with Gasteiger partial charge in [0.1, 0.15) is 5.82 Å². The third-order valence-electron chi connectivity index (χ3n) is 1.88. The number of aryl methyl sites for hydroxylation is 1. The highest BCUT2D eigenvalue weighted by atomic mass is 19.4. The van der Waals surface area contributed by atoms with Gasteiger partial charge in [-0.05, 0) is 5.56 Å². The first-order chi connectivity index (χ1) is 7.93. The van der Waals surface area contributed by atoms with Crippen molar-refractivity contribution in [3.8, 4) is 0 Å². The van der Waals surface area contributed by atoms with Crippen molar-refractivity contribution in [3.63, 3.8) is 0 Å². The molecule has 0 aliphatic heterocycles. The lowest BCUT2D eigenvalue weighted by atomic mass is 10.1. The molecule has 1 unspecified atom stereocenters. The number of hydrogen-bond acceptors (Lipinski definition) is 3. The molecule has 1 rings (SSSR count). The van der Waals surface area contributed by atoms with Crippen LogP contribution in [0.2, 0.25) is 0 Å². The Kier molecular flexibility index (Phi) is 6.72. The highest BCUT2D eigenvalue weighted by Crippen LogP contribution is 2.22. The lowest BCUT2D eigenvalue weighted by Crippen LogP contribution is -2.30. The quantitative estimate of drug-likeness (QED) is 0.896. The number of aliphatic hydroxyl groups excluding tert-OH is 1. The van der Waals surface area contributed by atoms with Crippen LogP contribution in [0.1, 0.15) is 32.2 Å². The van der Waals surface area contributed by atoms with E-state index in [4.69, 9.17) is 5.11 Å². The van der Waals surface area contributed by atoms with E-state index in [1.54, 1.807) is 0 Å². The first-order valence-electron chi connectivity index (χ1n) is 5.48. The minimum Gasteiger partial charge on any atom is -0.383 e. The van der Waals surface area contributed by atoms with Gasteiger partial charge < -0.3 is 5.11 Å². The van der Waals surface area contributed by atoms with Crippen molar-refractivity contribution in [1.29, 1.82) is 0 Å². The van der Waals surface area contributed by atoms with Crippen LogP contribution in [-0.4, -0.2) is 27.4 Å². The van der Waals surface area contributed by atoms with Gasteiger partial charge in [0, 0.05) is 25.2 Å². The molecule has 0 aromatic carbocycles. The predicted octanol–water partition coefficient (Wildman–Crippen LogP) is 2.53. The molecule has 0 aliphatic rings. The molecule has 3 nitrogen and oxygen atoms in total. The van der Waals surface area contributed by atoms with Crippen LogP contribution in [0, 0.1) is 0 Å². The molecule has 1 aromatic rings. The maximum absolute atomic E-state index is 12.0. The number of aliphatic hydroxyl groups is 1. The molecule has 1 heterocycles. The largest absolute Gasteiger partial charge is 0.414 e. The summed E-state index contributed by atoms with van der Waals surface area (Å²) in [5, 5.41) is 8.79. The molecule has 17 heavy (non-hydrogen) atoms. The molecule has 1 N–H and O–H groups in total. The second-order valence-electron chi connectivity index (χ2n) is 3.12. The van der Waals surface area contributed by atoms with Gasteiger partial charge in [0.25, 0.3) is 0 Å². The van der Waals surface area contributed by atoms with Gasteiger partial charge in [-0.1, -0.05) is 20.8 Å². The van der Waals surface area contributed by atoms with E-state index in [-0.39, 0.29) is 5.56 Å². The highest BCUT2D eigenvalue weighted by Gasteiger charge is 2.38. The van der Waals surface area contributed by atoms with Crippen molar-refractivity contribution < 1.29 is 18.3 Å². The van der Waals surface area contributed by atoms with Gasteiger partial charge in [-0.2, -0.15) is 13.2 Å². The SMILES string of the molecule is CC.CCc1ncc(CC(O)C(F)(F)F)cn1. The Balaban J connectivity index is 0.00000121. The molecule has 0 bridgehead atoms. The number of hydrogen-bond donors (Lipinski definition) is 1. The van der Waals surface area contributed by atoms with Crippen LogP contribution in [0.25, 0.3) is 0 Å². The lowest BCUT2D eigenvalue weighted by molar-refractivity contribution is -0.203. The van der Waals surface area contributed by atoms with Crippen molar-refractivity contribution in [2.75, 3.05) is 0 Å². The van der Waals surface area contributed by atoms with Crippen molar-refractivity contribution >= 4 is 0 Å². The Morgan fingerprint density at radius 2 is 1.71 bits per heavy atom. The zero-order valence-electron chi connectivity index (χ0n) is 10.1. The van der Waals surface area contributed by atoms with Crippen molar-refractivity contribution in [1.82, 2.24) is 9.97 Å². The summed E-state index contributed by atoms with van der Waals surface area (Å²) in [7, 11) is 0. The molecule has 1 aromatic heterocycles. The van der Waals surface area contributed by atoms with Gasteiger partial charge in [0.05, 0.1) is 0 Å². The van der Waals surface area contributed by atoms with E-state index in [1.165, 1.54) is 12.4 Å². The molecular weight excluding hydrogens is 233 g/mol. The Morgan fingerprint density at radius 1 is 1.24 bits per heavy atom. The summed E-state index contributed by atoms with van der Waals surface area (Å²) in [5.41, 5.74) is 0.275. The van der Waals surface area contributed by atoms with Crippen LogP contribution >= 0.6 is 0 Å². The summed E-state index contributed by atoms with van der Waals surface area (Å²) in [6, 6.07) is 0. The summed E-state index contributed by atoms with van der Waals surface area (Å²) < 4.78 is 36.0. The summed E-state index contributed by atoms with van der Waals surface area (Å²) in [6.45, 7) is 5.85. The van der Waals surface area contributed by atoms with Gasteiger partial charge in [-0.25, -0.2) is 9.97 Å². The molecule has 0 fully saturated rings. The third kappa shape index (κ3) is 5.63. The average molecular weight is 250 g/mol. The normalized spacial score (nSPS) is 12.6. The minimum atomic E-state index is -4.59.